The fourth-order valence-electron chi connectivity index (χ4n) is 2.16. The molecular formula is C16H15N3O4S2. The topological polar surface area (TPSA) is 96.9 Å². The van der Waals surface area contributed by atoms with Gasteiger partial charge in [-0.2, -0.15) is 8.42 Å². The first-order chi connectivity index (χ1) is 12.0. The fraction of sp³-hybridized carbons (Fsp3) is 0.125. The van der Waals surface area contributed by atoms with Crippen LogP contribution in [0.1, 0.15) is 0 Å². The van der Waals surface area contributed by atoms with Gasteiger partial charge in [0, 0.05) is 5.69 Å². The van der Waals surface area contributed by atoms with E-state index in [1.54, 1.807) is 49.6 Å². The summed E-state index contributed by atoms with van der Waals surface area (Å²) in [4.78, 5) is 12.1. The van der Waals surface area contributed by atoms with Crippen molar-refractivity contribution in [1.82, 2.24) is 0 Å². The highest BCUT2D eigenvalue weighted by atomic mass is 32.2. The van der Waals surface area contributed by atoms with Gasteiger partial charge in [-0.25, -0.2) is 0 Å². The molecule has 2 aromatic carbocycles. The van der Waals surface area contributed by atoms with Crippen LogP contribution in [0.2, 0.25) is 0 Å². The number of hydrogen-bond acceptors (Lipinski definition) is 6. The van der Waals surface area contributed by atoms with Gasteiger partial charge in [0.25, 0.3) is 10.0 Å². The number of amides is 1. The third kappa shape index (κ3) is 4.12. The smallest absolute Gasteiger partial charge is 0.286 e. The number of sulfonamides is 1. The van der Waals surface area contributed by atoms with Crippen molar-refractivity contribution in [2.45, 2.75) is 4.90 Å². The number of benzene rings is 2. The van der Waals surface area contributed by atoms with E-state index in [0.717, 1.165) is 11.8 Å². The number of para-hydroxylation sites is 1. The van der Waals surface area contributed by atoms with Gasteiger partial charge < -0.3 is 15.4 Å². The molecule has 0 unspecified atom stereocenters. The van der Waals surface area contributed by atoms with Crippen LogP contribution in [0.3, 0.4) is 0 Å². The molecule has 3 rings (SSSR count). The van der Waals surface area contributed by atoms with Crippen molar-refractivity contribution in [2.75, 3.05) is 23.5 Å². The lowest BCUT2D eigenvalue weighted by Gasteiger charge is -2.17. The van der Waals surface area contributed by atoms with Crippen molar-refractivity contribution >= 4 is 44.2 Å². The van der Waals surface area contributed by atoms with Gasteiger partial charge in [0.2, 0.25) is 5.91 Å². The Labute approximate surface area is 149 Å². The first kappa shape index (κ1) is 17.3. The monoisotopic (exact) mass is 377 g/mol. The quantitative estimate of drug-likeness (QED) is 0.850. The van der Waals surface area contributed by atoms with E-state index in [-0.39, 0.29) is 21.7 Å². The molecule has 2 N–H and O–H groups in total. The van der Waals surface area contributed by atoms with Crippen molar-refractivity contribution < 1.29 is 17.9 Å². The number of carbonyl (C=O) groups excluding carboxylic acids is 1. The number of hydrogen-bond donors (Lipinski definition) is 2. The number of nitrogens with zero attached hydrogens (tertiary/aromatic N) is 1. The summed E-state index contributed by atoms with van der Waals surface area (Å²) in [5.74, 6) is 0.447. The van der Waals surface area contributed by atoms with Crippen LogP contribution in [0.25, 0.3) is 0 Å². The number of amidine groups is 1. The minimum absolute atomic E-state index is 0.0234. The van der Waals surface area contributed by atoms with Gasteiger partial charge in [-0.05, 0) is 36.4 Å². The van der Waals surface area contributed by atoms with Crippen LogP contribution in [-0.4, -0.2) is 32.4 Å². The standard InChI is InChI=1S/C16H15N3O4S2/c1-23-12-8-6-11(7-9-12)17-15(20)10-24-16-18-13-4-2-3-5-14(13)25(21,22)19-16/h2-9H,10H2,1H3,(H,17,20)(H,18,19). The van der Waals surface area contributed by atoms with Gasteiger partial charge in [0.05, 0.1) is 18.6 Å². The zero-order valence-corrected chi connectivity index (χ0v) is 14.9. The summed E-state index contributed by atoms with van der Waals surface area (Å²) in [6.07, 6.45) is 0. The van der Waals surface area contributed by atoms with E-state index >= 15 is 0 Å². The van der Waals surface area contributed by atoms with Crippen LogP contribution in [0.5, 0.6) is 5.75 Å². The molecular weight excluding hydrogens is 362 g/mol. The van der Waals surface area contributed by atoms with Crippen LogP contribution in [0.4, 0.5) is 11.4 Å². The van der Waals surface area contributed by atoms with Crippen molar-refractivity contribution in [3.63, 3.8) is 0 Å². The first-order valence-corrected chi connectivity index (χ1v) is 9.68. The number of nitrogens with one attached hydrogen (secondary N) is 2. The first-order valence-electron chi connectivity index (χ1n) is 7.26. The molecule has 0 bridgehead atoms. The van der Waals surface area contributed by atoms with Gasteiger partial charge in [-0.1, -0.05) is 23.9 Å². The number of carbonyl (C=O) groups is 1. The second kappa shape index (κ2) is 7.16. The number of rotatable bonds is 4. The predicted molar refractivity (Wildman–Crippen MR) is 98.8 cm³/mol. The second-order valence-corrected chi connectivity index (χ2v) is 7.59. The fourth-order valence-corrected chi connectivity index (χ4v) is 4.20. The number of ether oxygens (including phenoxy) is 1. The SMILES string of the molecule is COc1ccc(NC(=O)CSC2=NS(=O)(=O)c3ccccc3N2)cc1. The highest BCUT2D eigenvalue weighted by Gasteiger charge is 2.24. The lowest BCUT2D eigenvalue weighted by Crippen LogP contribution is -2.22. The number of thioether (sulfide) groups is 1. The number of methoxy groups -OCH3 is 1. The summed E-state index contributed by atoms with van der Waals surface area (Å²) in [6.45, 7) is 0. The Kier molecular flexibility index (Phi) is 4.95. The molecule has 0 radical (unpaired) electrons. The van der Waals surface area contributed by atoms with E-state index in [1.807, 2.05) is 0 Å². The van der Waals surface area contributed by atoms with Crippen LogP contribution in [0, 0.1) is 0 Å². The molecule has 7 nitrogen and oxygen atoms in total. The van der Waals surface area contributed by atoms with Gasteiger partial charge in [-0.3, -0.25) is 4.79 Å². The molecule has 0 spiro atoms. The van der Waals surface area contributed by atoms with Gasteiger partial charge >= 0.3 is 0 Å². The minimum Gasteiger partial charge on any atom is -0.497 e. The number of fused-ring (bicyclic) bond motifs is 1. The molecule has 0 aliphatic carbocycles. The molecule has 1 aliphatic heterocycles. The van der Waals surface area contributed by atoms with Crippen LogP contribution in [-0.2, 0) is 14.8 Å². The maximum atomic E-state index is 12.1. The summed E-state index contributed by atoms with van der Waals surface area (Å²) in [5.41, 5.74) is 1.08. The van der Waals surface area contributed by atoms with Gasteiger partial charge in [-0.15, -0.1) is 4.40 Å². The van der Waals surface area contributed by atoms with Crippen LogP contribution in [0.15, 0.2) is 57.8 Å². The van der Waals surface area contributed by atoms with Crippen molar-refractivity contribution in [3.8, 4) is 5.75 Å². The molecule has 1 amide bonds. The van der Waals surface area contributed by atoms with Crippen molar-refractivity contribution in [2.24, 2.45) is 4.40 Å². The Morgan fingerprint density at radius 1 is 1.20 bits per heavy atom. The largest absolute Gasteiger partial charge is 0.497 e. The van der Waals surface area contributed by atoms with Gasteiger partial charge in [0.15, 0.2) is 5.17 Å². The molecule has 2 aromatic rings. The number of anilines is 2. The molecule has 0 aromatic heterocycles. The molecule has 0 atom stereocenters. The van der Waals surface area contributed by atoms with E-state index in [1.165, 1.54) is 6.07 Å². The van der Waals surface area contributed by atoms with Gasteiger partial charge in [0.1, 0.15) is 10.6 Å². The molecule has 1 heterocycles. The summed E-state index contributed by atoms with van der Waals surface area (Å²) in [6, 6.07) is 13.4. The predicted octanol–water partition coefficient (Wildman–Crippen LogP) is 2.54. The van der Waals surface area contributed by atoms with Crippen LogP contribution >= 0.6 is 11.8 Å². The summed E-state index contributed by atoms with van der Waals surface area (Å²) >= 11 is 1.02. The van der Waals surface area contributed by atoms with Crippen LogP contribution < -0.4 is 15.4 Å². The Morgan fingerprint density at radius 3 is 2.64 bits per heavy atom. The summed E-state index contributed by atoms with van der Waals surface area (Å²) < 4.78 is 33.0. The average molecular weight is 377 g/mol. The lowest BCUT2D eigenvalue weighted by molar-refractivity contribution is -0.113. The molecule has 25 heavy (non-hydrogen) atoms. The third-order valence-corrected chi connectivity index (χ3v) is 5.65. The maximum Gasteiger partial charge on any atom is 0.286 e. The average Bonchev–Trinajstić information content (AvgIpc) is 2.60. The Morgan fingerprint density at radius 2 is 1.92 bits per heavy atom. The molecule has 130 valence electrons. The van der Waals surface area contributed by atoms with Crippen molar-refractivity contribution in [3.05, 3.63) is 48.5 Å². The van der Waals surface area contributed by atoms with Crippen molar-refractivity contribution in [1.29, 1.82) is 0 Å². The minimum atomic E-state index is -3.75. The molecule has 0 saturated heterocycles. The normalized spacial score (nSPS) is 14.7. The summed E-state index contributed by atoms with van der Waals surface area (Å²) in [7, 11) is -2.18. The molecule has 0 saturated carbocycles. The Balaban J connectivity index is 1.62. The van der Waals surface area contributed by atoms with E-state index in [0.29, 0.717) is 17.1 Å². The third-order valence-electron chi connectivity index (χ3n) is 3.32. The Hall–Kier alpha value is -2.52. The zero-order chi connectivity index (χ0) is 17.9. The van der Waals surface area contributed by atoms with E-state index in [4.69, 9.17) is 4.74 Å². The maximum absolute atomic E-state index is 12.1. The molecule has 9 heteroatoms. The summed E-state index contributed by atoms with van der Waals surface area (Å²) in [5, 5.41) is 5.82. The van der Waals surface area contributed by atoms with E-state index < -0.39 is 10.0 Å². The highest BCUT2D eigenvalue weighted by molar-refractivity contribution is 8.15. The zero-order valence-electron chi connectivity index (χ0n) is 13.2. The lowest BCUT2D eigenvalue weighted by atomic mass is 10.3. The molecule has 0 fully saturated rings. The van der Waals surface area contributed by atoms with E-state index in [9.17, 15) is 13.2 Å². The van der Waals surface area contributed by atoms with E-state index in [2.05, 4.69) is 15.0 Å². The molecule has 1 aliphatic rings. The second-order valence-electron chi connectivity index (χ2n) is 5.06. The highest BCUT2D eigenvalue weighted by Crippen LogP contribution is 2.29. The Bertz CT molecular complexity index is 925.